The van der Waals surface area contributed by atoms with Crippen LogP contribution in [0.1, 0.15) is 24.1 Å². The average molecular weight is 218 g/mol. The molecule has 6 heteroatoms. The predicted octanol–water partition coefficient (Wildman–Crippen LogP) is 0.957. The fourth-order valence-electron chi connectivity index (χ4n) is 1.96. The highest BCUT2D eigenvalue weighted by atomic mass is 32.3. The van der Waals surface area contributed by atoms with Gasteiger partial charge in [0.2, 0.25) is 0 Å². The van der Waals surface area contributed by atoms with E-state index in [1.165, 1.54) is 7.05 Å². The smallest absolute Gasteiger partial charge is 0.254 e. The zero-order chi connectivity index (χ0) is 10.3. The highest BCUT2D eigenvalue weighted by molar-refractivity contribution is 7.86. The molecule has 0 aliphatic heterocycles. The van der Waals surface area contributed by atoms with Gasteiger partial charge in [-0.05, 0) is 25.7 Å². The summed E-state index contributed by atoms with van der Waals surface area (Å²) in [6.45, 7) is 0. The van der Waals surface area contributed by atoms with Gasteiger partial charge in [-0.25, -0.2) is 0 Å². The first-order chi connectivity index (χ1) is 6.50. The van der Waals surface area contributed by atoms with Crippen LogP contribution in [0.3, 0.4) is 0 Å². The van der Waals surface area contributed by atoms with Crippen molar-refractivity contribution in [3.05, 3.63) is 11.3 Å². The zero-order valence-corrected chi connectivity index (χ0v) is 8.64. The molecule has 0 fully saturated rings. The third kappa shape index (κ3) is 1.43. The highest BCUT2D eigenvalue weighted by Gasteiger charge is 2.27. The van der Waals surface area contributed by atoms with E-state index in [0.717, 1.165) is 29.6 Å². The van der Waals surface area contributed by atoms with Crippen LogP contribution in [-0.4, -0.2) is 18.2 Å². The second-order valence-electron chi connectivity index (χ2n) is 3.50. The van der Waals surface area contributed by atoms with Crippen LogP contribution >= 0.6 is 0 Å². The lowest BCUT2D eigenvalue weighted by Crippen LogP contribution is -2.06. The molecule has 0 amide bonds. The Morgan fingerprint density at radius 2 is 2.00 bits per heavy atom. The molecule has 1 heterocycles. The van der Waals surface area contributed by atoms with Crippen molar-refractivity contribution in [2.24, 2.45) is 7.05 Å². The van der Waals surface area contributed by atoms with Crippen molar-refractivity contribution in [1.82, 2.24) is 9.78 Å². The summed E-state index contributed by atoms with van der Waals surface area (Å²) in [6, 6.07) is 0. The third-order valence-corrected chi connectivity index (χ3v) is 3.46. The number of fused-ring (bicyclic) bond motifs is 1. The Bertz CT molecular complexity index is 464. The van der Waals surface area contributed by atoms with Crippen LogP contribution in [0.25, 0.3) is 0 Å². The summed E-state index contributed by atoms with van der Waals surface area (Å²) in [5, 5.41) is 3.76. The molecule has 14 heavy (non-hydrogen) atoms. The summed E-state index contributed by atoms with van der Waals surface area (Å²) in [6.07, 6.45) is 3.26. The molecule has 4 nitrogen and oxygen atoms in total. The van der Waals surface area contributed by atoms with Crippen molar-refractivity contribution in [2.75, 3.05) is 0 Å². The van der Waals surface area contributed by atoms with E-state index in [4.69, 9.17) is 0 Å². The minimum atomic E-state index is -4.63. The number of hydrogen-bond donors (Lipinski definition) is 0. The lowest BCUT2D eigenvalue weighted by molar-refractivity contribution is 0.532. The molecule has 0 radical (unpaired) electrons. The molecule has 2 rings (SSSR count). The van der Waals surface area contributed by atoms with Crippen molar-refractivity contribution in [2.45, 2.75) is 30.7 Å². The number of nitrogens with zero attached hydrogens (tertiary/aromatic N) is 2. The molecule has 0 N–H and O–H groups in total. The quantitative estimate of drug-likeness (QED) is 0.660. The largest absolute Gasteiger partial charge is 0.349 e. The van der Waals surface area contributed by atoms with Crippen LogP contribution in [-0.2, 0) is 30.1 Å². The first kappa shape index (κ1) is 9.64. The molecule has 0 saturated carbocycles. The standard InChI is InChI=1S/C8H11FN2O2S/c1-11-8(14(9,12)13)6-4-2-3-5-7(6)10-11/h2-5H2,1H3. The first-order valence-electron chi connectivity index (χ1n) is 4.49. The number of hydrogen-bond acceptors (Lipinski definition) is 3. The minimum absolute atomic E-state index is 0.257. The summed E-state index contributed by atoms with van der Waals surface area (Å²) in [5.74, 6) is 0. The topological polar surface area (TPSA) is 52.0 Å². The molecular weight excluding hydrogens is 207 g/mol. The normalized spacial score (nSPS) is 16.7. The van der Waals surface area contributed by atoms with E-state index in [2.05, 4.69) is 5.10 Å². The Kier molecular flexibility index (Phi) is 2.10. The number of aryl methyl sites for hydroxylation is 2. The van der Waals surface area contributed by atoms with Gasteiger partial charge in [0, 0.05) is 12.6 Å². The second kappa shape index (κ2) is 3.05. The molecule has 1 aromatic heterocycles. The van der Waals surface area contributed by atoms with E-state index in [1.807, 2.05) is 0 Å². The van der Waals surface area contributed by atoms with E-state index in [-0.39, 0.29) is 5.03 Å². The molecule has 1 aliphatic rings. The van der Waals surface area contributed by atoms with E-state index in [0.29, 0.717) is 12.0 Å². The first-order valence-corrected chi connectivity index (χ1v) is 5.88. The van der Waals surface area contributed by atoms with Gasteiger partial charge in [-0.2, -0.15) is 13.5 Å². The van der Waals surface area contributed by atoms with Gasteiger partial charge < -0.3 is 0 Å². The summed E-state index contributed by atoms with van der Waals surface area (Å²) in [5.41, 5.74) is 1.30. The van der Waals surface area contributed by atoms with Crippen LogP contribution < -0.4 is 0 Å². The molecule has 0 saturated heterocycles. The molecule has 0 bridgehead atoms. The zero-order valence-electron chi connectivity index (χ0n) is 7.83. The summed E-state index contributed by atoms with van der Waals surface area (Å²) in [7, 11) is -3.17. The van der Waals surface area contributed by atoms with E-state index in [1.54, 1.807) is 0 Å². The van der Waals surface area contributed by atoms with E-state index in [9.17, 15) is 12.3 Å². The number of halogens is 1. The number of rotatable bonds is 1. The Balaban J connectivity index is 2.65. The average Bonchev–Trinajstić information content (AvgIpc) is 2.38. The monoisotopic (exact) mass is 218 g/mol. The van der Waals surface area contributed by atoms with Gasteiger partial charge in [0.1, 0.15) is 0 Å². The van der Waals surface area contributed by atoms with Crippen LogP contribution in [0.2, 0.25) is 0 Å². The molecule has 0 atom stereocenters. The van der Waals surface area contributed by atoms with Gasteiger partial charge in [-0.15, -0.1) is 0 Å². The van der Waals surface area contributed by atoms with Crippen LogP contribution in [0.15, 0.2) is 5.03 Å². The summed E-state index contributed by atoms with van der Waals surface area (Å²) >= 11 is 0. The maximum atomic E-state index is 12.9. The van der Waals surface area contributed by atoms with Gasteiger partial charge in [0.25, 0.3) is 0 Å². The molecule has 0 aromatic carbocycles. The van der Waals surface area contributed by atoms with Crippen LogP contribution in [0.5, 0.6) is 0 Å². The Labute approximate surface area is 81.9 Å². The second-order valence-corrected chi connectivity index (χ2v) is 4.76. The SMILES string of the molecule is Cn1nc2c(c1S(=O)(=O)F)CCCC2. The minimum Gasteiger partial charge on any atom is -0.254 e. The van der Waals surface area contributed by atoms with Gasteiger partial charge in [0.05, 0.1) is 5.69 Å². The summed E-state index contributed by atoms with van der Waals surface area (Å²) in [4.78, 5) is 0. The van der Waals surface area contributed by atoms with Crippen LogP contribution in [0, 0.1) is 0 Å². The van der Waals surface area contributed by atoms with Crippen molar-refractivity contribution < 1.29 is 12.3 Å². The number of aromatic nitrogens is 2. The van der Waals surface area contributed by atoms with Crippen molar-refractivity contribution in [3.8, 4) is 0 Å². The van der Waals surface area contributed by atoms with Gasteiger partial charge in [0.15, 0.2) is 5.03 Å². The fraction of sp³-hybridized carbons (Fsp3) is 0.625. The molecule has 1 aromatic rings. The van der Waals surface area contributed by atoms with Gasteiger partial charge >= 0.3 is 10.2 Å². The predicted molar refractivity (Wildman–Crippen MR) is 48.1 cm³/mol. The maximum Gasteiger partial charge on any atom is 0.349 e. The highest BCUT2D eigenvalue weighted by Crippen LogP contribution is 2.27. The molecule has 0 spiro atoms. The molecule has 0 unspecified atom stereocenters. The van der Waals surface area contributed by atoms with Crippen molar-refractivity contribution >= 4 is 10.2 Å². The van der Waals surface area contributed by atoms with E-state index < -0.39 is 10.2 Å². The maximum absolute atomic E-state index is 12.9. The summed E-state index contributed by atoms with van der Waals surface area (Å²) < 4.78 is 35.8. The van der Waals surface area contributed by atoms with Gasteiger partial charge in [-0.3, -0.25) is 4.68 Å². The van der Waals surface area contributed by atoms with E-state index >= 15 is 0 Å². The molecule has 1 aliphatic carbocycles. The molecule has 78 valence electrons. The van der Waals surface area contributed by atoms with Crippen molar-refractivity contribution in [3.63, 3.8) is 0 Å². The molecular formula is C8H11FN2O2S. The van der Waals surface area contributed by atoms with Crippen LogP contribution in [0.4, 0.5) is 3.89 Å². The Morgan fingerprint density at radius 1 is 1.36 bits per heavy atom. The van der Waals surface area contributed by atoms with Crippen molar-refractivity contribution in [1.29, 1.82) is 0 Å². The third-order valence-electron chi connectivity index (χ3n) is 2.49. The Hall–Kier alpha value is -0.910. The lowest BCUT2D eigenvalue weighted by atomic mass is 9.99. The Morgan fingerprint density at radius 3 is 2.64 bits per heavy atom. The lowest BCUT2D eigenvalue weighted by Gasteiger charge is -2.08. The van der Waals surface area contributed by atoms with Gasteiger partial charge in [-0.1, -0.05) is 3.89 Å². The fourth-order valence-corrected chi connectivity index (χ4v) is 2.83.